The highest BCUT2D eigenvalue weighted by molar-refractivity contribution is 6.42. The lowest BCUT2D eigenvalue weighted by atomic mass is 9.90. The molecule has 0 aliphatic carbocycles. The molecule has 1 saturated heterocycles. The van der Waals surface area contributed by atoms with Crippen molar-refractivity contribution in [2.75, 3.05) is 19.6 Å². The maximum Gasteiger partial charge on any atom is 0.268 e. The first-order valence-electron chi connectivity index (χ1n) is 8.58. The second-order valence-corrected chi connectivity index (χ2v) is 7.77. The molecule has 0 spiro atoms. The summed E-state index contributed by atoms with van der Waals surface area (Å²) in [7, 11) is 0. The van der Waals surface area contributed by atoms with Gasteiger partial charge in [-0.05, 0) is 30.5 Å². The van der Waals surface area contributed by atoms with Gasteiger partial charge in [-0.1, -0.05) is 66.5 Å². The Kier molecular flexibility index (Phi) is 7.40. The second kappa shape index (κ2) is 9.16. The molecule has 2 aromatic rings. The van der Waals surface area contributed by atoms with Gasteiger partial charge >= 0.3 is 0 Å². The van der Waals surface area contributed by atoms with Crippen molar-refractivity contribution in [2.45, 2.75) is 19.4 Å². The van der Waals surface area contributed by atoms with Crippen molar-refractivity contribution in [1.29, 1.82) is 0 Å². The molecular formula is C20H23Cl3N2O2. The fourth-order valence-electron chi connectivity index (χ4n) is 3.14. The van der Waals surface area contributed by atoms with Gasteiger partial charge in [-0.3, -0.25) is 4.79 Å². The summed E-state index contributed by atoms with van der Waals surface area (Å²) in [5.74, 6) is 0.298. The summed E-state index contributed by atoms with van der Waals surface area (Å²) >= 11 is 12.3. The van der Waals surface area contributed by atoms with E-state index in [2.05, 4.69) is 6.92 Å². The first kappa shape index (κ1) is 21.8. The van der Waals surface area contributed by atoms with Crippen LogP contribution in [0.5, 0.6) is 5.75 Å². The predicted molar refractivity (Wildman–Crippen MR) is 112 cm³/mol. The smallest absolute Gasteiger partial charge is 0.268 e. The largest absolute Gasteiger partial charge is 0.474 e. The van der Waals surface area contributed by atoms with E-state index < -0.39 is 6.10 Å². The van der Waals surface area contributed by atoms with E-state index in [1.807, 2.05) is 35.2 Å². The molecule has 2 aromatic carbocycles. The zero-order valence-electron chi connectivity index (χ0n) is 15.0. The Balaban J connectivity index is 0.00000261. The highest BCUT2D eigenvalue weighted by Gasteiger charge is 2.38. The number of benzene rings is 2. The summed E-state index contributed by atoms with van der Waals surface area (Å²) in [5, 5.41) is 0.691. The van der Waals surface area contributed by atoms with Crippen LogP contribution >= 0.6 is 35.6 Å². The van der Waals surface area contributed by atoms with Crippen LogP contribution in [-0.2, 0) is 4.79 Å². The average Bonchev–Trinajstić information content (AvgIpc) is 3.06. The summed E-state index contributed by atoms with van der Waals surface area (Å²) in [6, 6.07) is 14.6. The van der Waals surface area contributed by atoms with Crippen LogP contribution in [0.3, 0.4) is 0 Å². The lowest BCUT2D eigenvalue weighted by molar-refractivity contribution is -0.138. The fraction of sp³-hybridized carbons (Fsp3) is 0.350. The van der Waals surface area contributed by atoms with Crippen LogP contribution in [0.1, 0.15) is 25.0 Å². The summed E-state index contributed by atoms with van der Waals surface area (Å²) in [6.45, 7) is 3.95. The van der Waals surface area contributed by atoms with E-state index in [4.69, 9.17) is 33.7 Å². The van der Waals surface area contributed by atoms with E-state index in [-0.39, 0.29) is 23.7 Å². The Morgan fingerprint density at radius 1 is 1.22 bits per heavy atom. The molecule has 4 nitrogen and oxygen atoms in total. The molecular weight excluding hydrogens is 407 g/mol. The number of ether oxygens (including phenoxy) is 1. The topological polar surface area (TPSA) is 55.6 Å². The van der Waals surface area contributed by atoms with Gasteiger partial charge in [-0.15, -0.1) is 12.4 Å². The second-order valence-electron chi connectivity index (χ2n) is 6.99. The van der Waals surface area contributed by atoms with Gasteiger partial charge in [0, 0.05) is 18.7 Å². The van der Waals surface area contributed by atoms with Gasteiger partial charge in [-0.2, -0.15) is 0 Å². The summed E-state index contributed by atoms with van der Waals surface area (Å²) < 4.78 is 6.05. The fourth-order valence-corrected chi connectivity index (χ4v) is 3.47. The van der Waals surface area contributed by atoms with Crippen LogP contribution in [0.15, 0.2) is 48.5 Å². The maximum atomic E-state index is 13.2. The molecule has 0 bridgehead atoms. The third-order valence-electron chi connectivity index (χ3n) is 4.85. The summed E-state index contributed by atoms with van der Waals surface area (Å²) in [5.41, 5.74) is 6.60. The molecule has 0 radical (unpaired) electrons. The van der Waals surface area contributed by atoms with E-state index in [0.717, 1.165) is 12.0 Å². The van der Waals surface area contributed by atoms with Gasteiger partial charge in [0.1, 0.15) is 10.8 Å². The van der Waals surface area contributed by atoms with Crippen molar-refractivity contribution >= 4 is 41.5 Å². The number of hydrogen-bond acceptors (Lipinski definition) is 3. The number of carbonyl (C=O) groups is 1. The van der Waals surface area contributed by atoms with E-state index in [0.29, 0.717) is 35.4 Å². The van der Waals surface area contributed by atoms with Crippen LogP contribution in [0.4, 0.5) is 0 Å². The molecule has 2 atom stereocenters. The van der Waals surface area contributed by atoms with Crippen LogP contribution in [0, 0.1) is 5.41 Å². The van der Waals surface area contributed by atoms with Gasteiger partial charge < -0.3 is 15.4 Å². The number of amides is 1. The average molecular weight is 430 g/mol. The first-order chi connectivity index (χ1) is 12.4. The monoisotopic (exact) mass is 428 g/mol. The molecule has 1 heterocycles. The minimum Gasteiger partial charge on any atom is -0.474 e. The number of rotatable bonds is 5. The molecule has 1 fully saturated rings. The Morgan fingerprint density at radius 3 is 2.56 bits per heavy atom. The molecule has 1 aliphatic heterocycles. The molecule has 146 valence electrons. The highest BCUT2D eigenvalue weighted by atomic mass is 35.5. The van der Waals surface area contributed by atoms with E-state index in [9.17, 15) is 4.79 Å². The molecule has 0 aromatic heterocycles. The van der Waals surface area contributed by atoms with Crippen molar-refractivity contribution in [3.8, 4) is 5.75 Å². The molecule has 2 N–H and O–H groups in total. The molecule has 1 amide bonds. The number of hydrogen-bond donors (Lipinski definition) is 1. The maximum absolute atomic E-state index is 13.2. The predicted octanol–water partition coefficient (Wildman–Crippen LogP) is 4.73. The third kappa shape index (κ3) is 4.88. The van der Waals surface area contributed by atoms with Gasteiger partial charge in [0.25, 0.3) is 5.91 Å². The number of likely N-dealkylation sites (tertiary alicyclic amines) is 1. The van der Waals surface area contributed by atoms with Crippen LogP contribution in [0.2, 0.25) is 10.0 Å². The lowest BCUT2D eigenvalue weighted by Gasteiger charge is -2.27. The standard InChI is InChI=1S/C20H22Cl2N2O2.ClH/c1-20(12-23)10-11-24(13-20)19(25)18(14-6-3-2-4-7-14)26-16-9-5-8-15(21)17(16)22;/h2-9,18H,10-13,23H2,1H3;1H. The van der Waals surface area contributed by atoms with Crippen LogP contribution < -0.4 is 10.5 Å². The van der Waals surface area contributed by atoms with E-state index in [1.165, 1.54) is 0 Å². The first-order valence-corrected chi connectivity index (χ1v) is 9.33. The van der Waals surface area contributed by atoms with Gasteiger partial charge in [0.15, 0.2) is 0 Å². The van der Waals surface area contributed by atoms with E-state index >= 15 is 0 Å². The highest BCUT2D eigenvalue weighted by Crippen LogP contribution is 2.36. The van der Waals surface area contributed by atoms with Gasteiger partial charge in [-0.25, -0.2) is 0 Å². The third-order valence-corrected chi connectivity index (χ3v) is 5.65. The molecule has 0 saturated carbocycles. The zero-order chi connectivity index (χ0) is 18.7. The Hall–Kier alpha value is -1.46. The Morgan fingerprint density at radius 2 is 1.93 bits per heavy atom. The molecule has 1 aliphatic rings. The van der Waals surface area contributed by atoms with Gasteiger partial charge in [0.05, 0.1) is 5.02 Å². The Labute approximate surface area is 176 Å². The number of nitrogens with two attached hydrogens (primary N) is 1. The van der Waals surface area contributed by atoms with Crippen molar-refractivity contribution in [2.24, 2.45) is 11.1 Å². The molecule has 3 rings (SSSR count). The van der Waals surface area contributed by atoms with Crippen molar-refractivity contribution in [3.05, 3.63) is 64.1 Å². The van der Waals surface area contributed by atoms with Crippen molar-refractivity contribution < 1.29 is 9.53 Å². The molecule has 27 heavy (non-hydrogen) atoms. The van der Waals surface area contributed by atoms with Gasteiger partial charge in [0.2, 0.25) is 6.10 Å². The minimum atomic E-state index is -0.785. The number of nitrogens with zero attached hydrogens (tertiary/aromatic N) is 1. The molecule has 2 unspecified atom stereocenters. The Bertz CT molecular complexity index is 788. The SMILES string of the molecule is CC1(CN)CCN(C(=O)C(Oc2cccc(Cl)c2Cl)c2ccccc2)C1.Cl. The zero-order valence-corrected chi connectivity index (χ0v) is 17.4. The summed E-state index contributed by atoms with van der Waals surface area (Å²) in [4.78, 5) is 15.1. The lowest BCUT2D eigenvalue weighted by Crippen LogP contribution is -2.38. The minimum absolute atomic E-state index is 0. The quantitative estimate of drug-likeness (QED) is 0.747. The van der Waals surface area contributed by atoms with Crippen molar-refractivity contribution in [1.82, 2.24) is 4.90 Å². The normalized spacial score (nSPS) is 20.1. The molecule has 7 heteroatoms. The van der Waals surface area contributed by atoms with Crippen molar-refractivity contribution in [3.63, 3.8) is 0 Å². The van der Waals surface area contributed by atoms with Crippen LogP contribution in [-0.4, -0.2) is 30.4 Å². The van der Waals surface area contributed by atoms with E-state index in [1.54, 1.807) is 18.2 Å². The number of carbonyl (C=O) groups excluding carboxylic acids is 1. The van der Waals surface area contributed by atoms with Crippen LogP contribution in [0.25, 0.3) is 0 Å². The number of halogens is 3. The summed E-state index contributed by atoms with van der Waals surface area (Å²) in [6.07, 6.45) is 0.0987.